The summed E-state index contributed by atoms with van der Waals surface area (Å²) in [5, 5.41) is 8.86. The van der Waals surface area contributed by atoms with Gasteiger partial charge in [0.25, 0.3) is 0 Å². The van der Waals surface area contributed by atoms with E-state index in [0.717, 1.165) is 6.08 Å². The molecule has 0 spiro atoms. The SMILES string of the molecule is COc1cc(C=CC(=O)O)c(Cl)c(OC)c1OC. The highest BCUT2D eigenvalue weighted by molar-refractivity contribution is 6.34. The molecular weight excluding hydrogens is 260 g/mol. The third-order valence-electron chi connectivity index (χ3n) is 2.20. The molecule has 0 atom stereocenters. The molecule has 1 aromatic carbocycles. The quantitative estimate of drug-likeness (QED) is 0.834. The van der Waals surface area contributed by atoms with Crippen molar-refractivity contribution in [2.75, 3.05) is 21.3 Å². The highest BCUT2D eigenvalue weighted by Crippen LogP contribution is 2.44. The lowest BCUT2D eigenvalue weighted by Crippen LogP contribution is -1.97. The lowest BCUT2D eigenvalue weighted by molar-refractivity contribution is -0.131. The molecule has 0 aromatic heterocycles. The molecule has 6 heteroatoms. The Balaban J connectivity index is 3.41. The summed E-state index contributed by atoms with van der Waals surface area (Å²) in [6.07, 6.45) is 2.34. The van der Waals surface area contributed by atoms with Crippen molar-refractivity contribution >= 4 is 23.6 Å². The van der Waals surface area contributed by atoms with E-state index in [1.54, 1.807) is 6.07 Å². The Morgan fingerprint density at radius 3 is 2.28 bits per heavy atom. The smallest absolute Gasteiger partial charge is 0.328 e. The topological polar surface area (TPSA) is 65.0 Å². The van der Waals surface area contributed by atoms with Gasteiger partial charge in [0.1, 0.15) is 0 Å². The number of aliphatic carboxylic acids is 1. The molecule has 0 saturated carbocycles. The van der Waals surface area contributed by atoms with Crippen LogP contribution in [0.2, 0.25) is 5.02 Å². The summed E-state index contributed by atoms with van der Waals surface area (Å²) in [6, 6.07) is 1.57. The second-order valence-corrected chi connectivity index (χ2v) is 3.60. The summed E-state index contributed by atoms with van der Waals surface area (Å²) < 4.78 is 15.4. The fourth-order valence-corrected chi connectivity index (χ4v) is 1.70. The van der Waals surface area contributed by atoms with Crippen molar-refractivity contribution in [1.29, 1.82) is 0 Å². The first-order valence-electron chi connectivity index (χ1n) is 4.94. The lowest BCUT2D eigenvalue weighted by Gasteiger charge is -2.15. The Morgan fingerprint density at radius 1 is 1.22 bits per heavy atom. The van der Waals surface area contributed by atoms with Gasteiger partial charge in [0.15, 0.2) is 11.5 Å². The Morgan fingerprint density at radius 2 is 1.83 bits per heavy atom. The average molecular weight is 273 g/mol. The minimum atomic E-state index is -1.07. The summed E-state index contributed by atoms with van der Waals surface area (Å²) in [4.78, 5) is 10.5. The molecule has 0 aliphatic heterocycles. The number of ether oxygens (including phenoxy) is 3. The fraction of sp³-hybridized carbons (Fsp3) is 0.250. The van der Waals surface area contributed by atoms with Crippen LogP contribution in [0.15, 0.2) is 12.1 Å². The number of carboxylic acids is 1. The van der Waals surface area contributed by atoms with Crippen molar-refractivity contribution in [2.45, 2.75) is 0 Å². The van der Waals surface area contributed by atoms with Crippen LogP contribution in [0.4, 0.5) is 0 Å². The van der Waals surface area contributed by atoms with Gasteiger partial charge in [-0.3, -0.25) is 0 Å². The van der Waals surface area contributed by atoms with Gasteiger partial charge in [0.05, 0.1) is 26.4 Å². The Kier molecular flexibility index (Phi) is 4.85. The maximum absolute atomic E-state index is 10.5. The summed E-state index contributed by atoms with van der Waals surface area (Å²) >= 11 is 6.10. The van der Waals surface area contributed by atoms with Gasteiger partial charge in [-0.25, -0.2) is 4.79 Å². The number of carbonyl (C=O) groups is 1. The Bertz CT molecular complexity index is 482. The molecule has 0 fully saturated rings. The van der Waals surface area contributed by atoms with E-state index in [1.807, 2.05) is 0 Å². The second-order valence-electron chi connectivity index (χ2n) is 3.22. The monoisotopic (exact) mass is 272 g/mol. The van der Waals surface area contributed by atoms with Crippen LogP contribution in [0.5, 0.6) is 17.2 Å². The van der Waals surface area contributed by atoms with E-state index in [2.05, 4.69) is 0 Å². The van der Waals surface area contributed by atoms with Gasteiger partial charge in [-0.05, 0) is 12.1 Å². The molecule has 1 N–H and O–H groups in total. The van der Waals surface area contributed by atoms with Gasteiger partial charge >= 0.3 is 5.97 Å². The van der Waals surface area contributed by atoms with E-state index in [9.17, 15) is 4.79 Å². The van der Waals surface area contributed by atoms with E-state index >= 15 is 0 Å². The van der Waals surface area contributed by atoms with Crippen molar-refractivity contribution in [2.24, 2.45) is 0 Å². The fourth-order valence-electron chi connectivity index (χ4n) is 1.42. The minimum Gasteiger partial charge on any atom is -0.493 e. The first kappa shape index (κ1) is 14.2. The predicted octanol–water partition coefficient (Wildman–Crippen LogP) is 2.46. The van der Waals surface area contributed by atoms with Gasteiger partial charge in [-0.15, -0.1) is 0 Å². The van der Waals surface area contributed by atoms with E-state index < -0.39 is 5.97 Å². The molecule has 0 bridgehead atoms. The second kappa shape index (κ2) is 6.16. The molecule has 0 radical (unpaired) electrons. The summed E-state index contributed by atoms with van der Waals surface area (Å²) in [6.45, 7) is 0. The molecule has 18 heavy (non-hydrogen) atoms. The van der Waals surface area contributed by atoms with E-state index in [-0.39, 0.29) is 5.02 Å². The molecule has 1 rings (SSSR count). The molecular formula is C12H13ClO5. The number of methoxy groups -OCH3 is 3. The largest absolute Gasteiger partial charge is 0.493 e. The number of halogens is 1. The third kappa shape index (κ3) is 2.87. The molecule has 0 unspecified atom stereocenters. The van der Waals surface area contributed by atoms with Crippen molar-refractivity contribution in [3.8, 4) is 17.2 Å². The van der Waals surface area contributed by atoms with E-state index in [0.29, 0.717) is 22.8 Å². The molecule has 0 saturated heterocycles. The zero-order valence-corrected chi connectivity index (χ0v) is 10.9. The maximum Gasteiger partial charge on any atom is 0.328 e. The first-order chi connectivity index (χ1) is 8.54. The molecule has 0 heterocycles. The standard InChI is InChI=1S/C12H13ClO5/c1-16-8-6-7(4-5-9(14)15)10(13)12(18-3)11(8)17-2/h4-6H,1-3H3,(H,14,15). The van der Waals surface area contributed by atoms with Gasteiger partial charge in [-0.2, -0.15) is 0 Å². The van der Waals surface area contributed by atoms with Crippen LogP contribution in [-0.2, 0) is 4.79 Å². The van der Waals surface area contributed by atoms with Crippen LogP contribution in [0.1, 0.15) is 5.56 Å². The normalized spacial score (nSPS) is 10.4. The molecule has 5 nitrogen and oxygen atoms in total. The lowest BCUT2D eigenvalue weighted by atomic mass is 10.1. The van der Waals surface area contributed by atoms with Gasteiger partial charge in [0, 0.05) is 11.6 Å². The van der Waals surface area contributed by atoms with Crippen LogP contribution in [0.3, 0.4) is 0 Å². The summed E-state index contributed by atoms with van der Waals surface area (Å²) in [7, 11) is 4.37. The molecule has 0 aliphatic rings. The summed E-state index contributed by atoms with van der Waals surface area (Å²) in [5.74, 6) is -0.00959. The van der Waals surface area contributed by atoms with Gasteiger partial charge < -0.3 is 19.3 Å². The molecule has 0 amide bonds. The first-order valence-corrected chi connectivity index (χ1v) is 5.32. The van der Waals surface area contributed by atoms with Gasteiger partial charge in [0.2, 0.25) is 5.75 Å². The van der Waals surface area contributed by atoms with Crippen LogP contribution in [0.25, 0.3) is 6.08 Å². The highest BCUT2D eigenvalue weighted by Gasteiger charge is 2.18. The van der Waals surface area contributed by atoms with Crippen LogP contribution >= 0.6 is 11.6 Å². The molecule has 1 aromatic rings. The van der Waals surface area contributed by atoms with Crippen molar-refractivity contribution < 1.29 is 24.1 Å². The van der Waals surface area contributed by atoms with Crippen LogP contribution in [0, 0.1) is 0 Å². The molecule has 98 valence electrons. The van der Waals surface area contributed by atoms with E-state index in [1.165, 1.54) is 27.4 Å². The Hall–Kier alpha value is -1.88. The number of hydrogen-bond donors (Lipinski definition) is 1. The zero-order chi connectivity index (χ0) is 13.7. The highest BCUT2D eigenvalue weighted by atomic mass is 35.5. The van der Waals surface area contributed by atoms with Crippen LogP contribution < -0.4 is 14.2 Å². The number of carboxylic acid groups (broad SMARTS) is 1. The summed E-state index contributed by atoms with van der Waals surface area (Å²) in [5.41, 5.74) is 0.466. The maximum atomic E-state index is 10.5. The number of benzene rings is 1. The van der Waals surface area contributed by atoms with Crippen molar-refractivity contribution in [3.63, 3.8) is 0 Å². The Labute approximate surface area is 110 Å². The molecule has 0 aliphatic carbocycles. The average Bonchev–Trinajstić information content (AvgIpc) is 2.36. The van der Waals surface area contributed by atoms with Crippen molar-refractivity contribution in [3.05, 3.63) is 22.7 Å². The van der Waals surface area contributed by atoms with Gasteiger partial charge in [-0.1, -0.05) is 11.6 Å². The number of hydrogen-bond acceptors (Lipinski definition) is 4. The van der Waals surface area contributed by atoms with E-state index in [4.69, 9.17) is 30.9 Å². The third-order valence-corrected chi connectivity index (χ3v) is 2.59. The zero-order valence-electron chi connectivity index (χ0n) is 10.2. The minimum absolute atomic E-state index is 0.257. The van der Waals surface area contributed by atoms with Crippen LogP contribution in [-0.4, -0.2) is 32.4 Å². The van der Waals surface area contributed by atoms with Crippen molar-refractivity contribution in [1.82, 2.24) is 0 Å². The number of rotatable bonds is 5. The predicted molar refractivity (Wildman–Crippen MR) is 67.8 cm³/mol.